The fraction of sp³-hybridized carbons (Fsp3) is 0.318. The second kappa shape index (κ2) is 7.82. The first kappa shape index (κ1) is 20.3. The van der Waals surface area contributed by atoms with Gasteiger partial charge < -0.3 is 19.8 Å². The molecule has 2 atom stereocenters. The van der Waals surface area contributed by atoms with E-state index in [4.69, 9.17) is 38.1 Å². The highest BCUT2D eigenvalue weighted by molar-refractivity contribution is 6.35. The van der Waals surface area contributed by atoms with Gasteiger partial charge in [0, 0.05) is 28.4 Å². The summed E-state index contributed by atoms with van der Waals surface area (Å²) in [6.45, 7) is 2.96. The number of pyridine rings is 1. The largest absolute Gasteiger partial charge is 0.423 e. The van der Waals surface area contributed by atoms with Crippen molar-refractivity contribution in [3.8, 4) is 0 Å². The molecule has 2 aromatic heterocycles. The van der Waals surface area contributed by atoms with Gasteiger partial charge in [-0.2, -0.15) is 4.98 Å². The van der Waals surface area contributed by atoms with Gasteiger partial charge in [0.2, 0.25) is 0 Å². The maximum Gasteiger partial charge on any atom is 0.293 e. The van der Waals surface area contributed by atoms with Crippen molar-refractivity contribution >= 4 is 51.8 Å². The molecule has 1 unspecified atom stereocenters. The molecule has 3 aromatic rings. The molecule has 9 heteroatoms. The van der Waals surface area contributed by atoms with Gasteiger partial charge in [-0.05, 0) is 54.7 Å². The van der Waals surface area contributed by atoms with Gasteiger partial charge in [-0.3, -0.25) is 9.78 Å². The number of nitrogens with zero attached hydrogens (tertiary/aromatic N) is 3. The standard InChI is InChI=1S/C22H20Cl2N4O3/c1-11-19-13(6-14(23)8-16(19)24)2-4-28(11)21(29)18-7-12(3-5-30-18)15-9-26-10-17-20(15)31-22(25)27-17/h6-11,18H,2-5H2,1H3,(H2,25,27)/t11-,18?/m0/s1. The number of amides is 1. The Morgan fingerprint density at radius 2 is 2.10 bits per heavy atom. The molecule has 1 amide bonds. The molecule has 160 valence electrons. The second-order valence-corrected chi connectivity index (χ2v) is 8.58. The molecule has 0 saturated heterocycles. The normalized spacial score (nSPS) is 21.1. The first-order valence-electron chi connectivity index (χ1n) is 10.0. The summed E-state index contributed by atoms with van der Waals surface area (Å²) in [6, 6.07) is 3.55. The smallest absolute Gasteiger partial charge is 0.293 e. The second-order valence-electron chi connectivity index (χ2n) is 7.74. The third-order valence-electron chi connectivity index (χ3n) is 5.90. The van der Waals surface area contributed by atoms with Crippen molar-refractivity contribution in [1.82, 2.24) is 14.9 Å². The monoisotopic (exact) mass is 458 g/mol. The predicted molar refractivity (Wildman–Crippen MR) is 119 cm³/mol. The number of fused-ring (bicyclic) bond motifs is 2. The molecule has 2 aliphatic rings. The van der Waals surface area contributed by atoms with Crippen molar-refractivity contribution in [2.45, 2.75) is 31.9 Å². The molecule has 2 N–H and O–H groups in total. The van der Waals surface area contributed by atoms with Crippen LogP contribution in [0, 0.1) is 0 Å². The molecule has 0 spiro atoms. The summed E-state index contributed by atoms with van der Waals surface area (Å²) < 4.78 is 11.4. The number of oxazole rings is 1. The highest BCUT2D eigenvalue weighted by atomic mass is 35.5. The van der Waals surface area contributed by atoms with Gasteiger partial charge in [0.05, 0.1) is 18.8 Å². The number of nitrogen functional groups attached to an aromatic ring is 1. The summed E-state index contributed by atoms with van der Waals surface area (Å²) in [6.07, 6.45) is 5.77. The Kier molecular flexibility index (Phi) is 5.12. The van der Waals surface area contributed by atoms with Crippen molar-refractivity contribution in [2.75, 3.05) is 18.9 Å². The third-order valence-corrected chi connectivity index (χ3v) is 6.43. The van der Waals surface area contributed by atoms with Crippen LogP contribution in [0.15, 0.2) is 35.0 Å². The lowest BCUT2D eigenvalue weighted by molar-refractivity contribution is -0.143. The Labute approximate surface area is 188 Å². The topological polar surface area (TPSA) is 94.5 Å². The number of halogens is 2. The SMILES string of the molecule is C[C@H]1c2c(Cl)cc(Cl)cc2CCN1C(=O)C1C=C(c2cncc3nc(N)oc23)CCO1. The molecule has 7 nitrogen and oxygen atoms in total. The average Bonchev–Trinajstić information content (AvgIpc) is 3.13. The lowest BCUT2D eigenvalue weighted by Gasteiger charge is -2.38. The van der Waals surface area contributed by atoms with E-state index < -0.39 is 6.10 Å². The summed E-state index contributed by atoms with van der Waals surface area (Å²) >= 11 is 12.6. The van der Waals surface area contributed by atoms with Crippen LogP contribution < -0.4 is 5.73 Å². The Morgan fingerprint density at radius 1 is 1.26 bits per heavy atom. The minimum absolute atomic E-state index is 0.0855. The highest BCUT2D eigenvalue weighted by Crippen LogP contribution is 2.38. The van der Waals surface area contributed by atoms with Crippen LogP contribution in [-0.4, -0.2) is 40.0 Å². The lowest BCUT2D eigenvalue weighted by Crippen LogP contribution is -2.45. The van der Waals surface area contributed by atoms with E-state index in [1.165, 1.54) is 0 Å². The van der Waals surface area contributed by atoms with E-state index in [1.807, 2.05) is 24.0 Å². The van der Waals surface area contributed by atoms with Gasteiger partial charge in [-0.25, -0.2) is 0 Å². The van der Waals surface area contributed by atoms with Crippen LogP contribution >= 0.6 is 23.2 Å². The van der Waals surface area contributed by atoms with Crippen molar-refractivity contribution < 1.29 is 13.9 Å². The molecule has 2 aliphatic heterocycles. The summed E-state index contributed by atoms with van der Waals surface area (Å²) in [7, 11) is 0. The molecule has 0 fully saturated rings. The summed E-state index contributed by atoms with van der Waals surface area (Å²) in [5, 5.41) is 1.18. The first-order chi connectivity index (χ1) is 14.9. The number of carbonyl (C=O) groups excluding carboxylic acids is 1. The molecular formula is C22H20Cl2N4O3. The van der Waals surface area contributed by atoms with E-state index in [-0.39, 0.29) is 18.0 Å². The van der Waals surface area contributed by atoms with Gasteiger partial charge in [0.25, 0.3) is 11.9 Å². The molecule has 0 bridgehead atoms. The number of benzene rings is 1. The van der Waals surface area contributed by atoms with E-state index >= 15 is 0 Å². The molecule has 0 saturated carbocycles. The predicted octanol–water partition coefficient (Wildman–Crippen LogP) is 4.43. The van der Waals surface area contributed by atoms with Crippen molar-refractivity contribution in [3.63, 3.8) is 0 Å². The number of carbonyl (C=O) groups is 1. The van der Waals surface area contributed by atoms with Gasteiger partial charge in [-0.15, -0.1) is 0 Å². The van der Waals surface area contributed by atoms with E-state index in [0.717, 1.165) is 22.3 Å². The van der Waals surface area contributed by atoms with Crippen LogP contribution in [0.2, 0.25) is 10.0 Å². The van der Waals surface area contributed by atoms with Crippen LogP contribution in [0.5, 0.6) is 0 Å². The van der Waals surface area contributed by atoms with Gasteiger partial charge in [-0.1, -0.05) is 23.2 Å². The summed E-state index contributed by atoms with van der Waals surface area (Å²) in [5.74, 6) is -0.0985. The molecule has 0 aliphatic carbocycles. The third kappa shape index (κ3) is 3.56. The molecule has 0 radical (unpaired) electrons. The first-order valence-corrected chi connectivity index (χ1v) is 10.8. The fourth-order valence-electron chi connectivity index (χ4n) is 4.44. The van der Waals surface area contributed by atoms with E-state index in [1.54, 1.807) is 18.5 Å². The fourth-order valence-corrected chi connectivity index (χ4v) is 5.14. The van der Waals surface area contributed by atoms with Gasteiger partial charge in [0.1, 0.15) is 5.52 Å². The van der Waals surface area contributed by atoms with Crippen LogP contribution in [0.4, 0.5) is 6.01 Å². The number of hydrogen-bond acceptors (Lipinski definition) is 6. The van der Waals surface area contributed by atoms with E-state index in [2.05, 4.69) is 9.97 Å². The maximum atomic E-state index is 13.4. The van der Waals surface area contributed by atoms with Gasteiger partial charge >= 0.3 is 0 Å². The van der Waals surface area contributed by atoms with E-state index in [0.29, 0.717) is 47.1 Å². The minimum Gasteiger partial charge on any atom is -0.423 e. The van der Waals surface area contributed by atoms with Crippen molar-refractivity contribution in [2.24, 2.45) is 0 Å². The maximum absolute atomic E-state index is 13.4. The number of hydrogen-bond donors (Lipinski definition) is 1. The van der Waals surface area contributed by atoms with Crippen LogP contribution in [-0.2, 0) is 16.0 Å². The summed E-state index contributed by atoms with van der Waals surface area (Å²) in [4.78, 5) is 23.6. The van der Waals surface area contributed by atoms with E-state index in [9.17, 15) is 4.79 Å². The zero-order valence-corrected chi connectivity index (χ0v) is 18.3. The highest BCUT2D eigenvalue weighted by Gasteiger charge is 2.34. The van der Waals surface area contributed by atoms with Crippen molar-refractivity contribution in [1.29, 1.82) is 0 Å². The molecule has 1 aromatic carbocycles. The van der Waals surface area contributed by atoms with Crippen LogP contribution in [0.3, 0.4) is 0 Å². The number of rotatable bonds is 2. The Balaban J connectivity index is 1.45. The average molecular weight is 459 g/mol. The lowest BCUT2D eigenvalue weighted by atomic mass is 9.92. The number of ether oxygens (including phenoxy) is 1. The zero-order chi connectivity index (χ0) is 21.7. The quantitative estimate of drug-likeness (QED) is 0.610. The van der Waals surface area contributed by atoms with Crippen LogP contribution in [0.1, 0.15) is 36.1 Å². The Morgan fingerprint density at radius 3 is 2.94 bits per heavy atom. The van der Waals surface area contributed by atoms with Crippen molar-refractivity contribution in [3.05, 3.63) is 57.3 Å². The minimum atomic E-state index is -0.700. The molecule has 5 rings (SSSR count). The molecule has 31 heavy (non-hydrogen) atoms. The van der Waals surface area contributed by atoms with Crippen LogP contribution in [0.25, 0.3) is 16.7 Å². The molecule has 4 heterocycles. The Hall–Kier alpha value is -2.61. The zero-order valence-electron chi connectivity index (χ0n) is 16.8. The number of anilines is 1. The number of nitrogens with two attached hydrogens (primary N) is 1. The Bertz CT molecular complexity index is 1220. The van der Waals surface area contributed by atoms with Gasteiger partial charge in [0.15, 0.2) is 11.7 Å². The summed E-state index contributed by atoms with van der Waals surface area (Å²) in [5.41, 5.74) is 10.6. The number of aromatic nitrogens is 2. The molecular weight excluding hydrogens is 439 g/mol.